The normalized spacial score (nSPS) is 44.4. The Kier molecular flexibility index (Phi) is 6.44. The van der Waals surface area contributed by atoms with Crippen molar-refractivity contribution in [3.8, 4) is 0 Å². The van der Waals surface area contributed by atoms with Crippen LogP contribution in [-0.4, -0.2) is 26.9 Å². The number of aryl methyl sites for hydroxylation is 1. The minimum atomic E-state index is -0.559. The topological polar surface area (TPSA) is 53.4 Å². The Bertz CT molecular complexity index is 813. The largest absolute Gasteiger partial charge is 0.393 e. The monoisotopic (exact) mass is 453 g/mol. The first-order valence-electron chi connectivity index (χ1n) is 14.1. The van der Waals surface area contributed by atoms with Crippen LogP contribution in [0.1, 0.15) is 103 Å². The number of pyridine rings is 1. The van der Waals surface area contributed by atoms with Crippen LogP contribution in [-0.2, 0) is 6.42 Å². The highest BCUT2D eigenvalue weighted by atomic mass is 16.3. The highest BCUT2D eigenvalue weighted by molar-refractivity contribution is 5.14. The van der Waals surface area contributed by atoms with Gasteiger partial charge in [-0.05, 0) is 129 Å². The van der Waals surface area contributed by atoms with Crippen molar-refractivity contribution in [2.75, 3.05) is 0 Å². The molecule has 5 rings (SSSR count). The molecule has 0 aliphatic heterocycles. The molecular formula is C30H47NO2. The van der Waals surface area contributed by atoms with E-state index in [0.717, 1.165) is 62.2 Å². The third-order valence-corrected chi connectivity index (χ3v) is 11.5. The van der Waals surface area contributed by atoms with Crippen LogP contribution in [0.4, 0.5) is 0 Å². The van der Waals surface area contributed by atoms with Crippen molar-refractivity contribution in [1.82, 2.24) is 4.98 Å². The van der Waals surface area contributed by atoms with Crippen molar-refractivity contribution in [3.05, 3.63) is 30.1 Å². The van der Waals surface area contributed by atoms with Gasteiger partial charge in [-0.1, -0.05) is 33.3 Å². The lowest BCUT2D eigenvalue weighted by molar-refractivity contribution is -0.149. The molecule has 1 aromatic heterocycles. The molecule has 0 radical (unpaired) electrons. The van der Waals surface area contributed by atoms with E-state index in [9.17, 15) is 10.2 Å². The van der Waals surface area contributed by atoms with Crippen LogP contribution in [0.3, 0.4) is 0 Å². The molecule has 1 aromatic rings. The number of aliphatic hydroxyl groups excluding tert-OH is 1. The second-order valence-electron chi connectivity index (χ2n) is 13.0. The summed E-state index contributed by atoms with van der Waals surface area (Å²) in [7, 11) is 0. The molecule has 184 valence electrons. The maximum absolute atomic E-state index is 12.2. The summed E-state index contributed by atoms with van der Waals surface area (Å²) >= 11 is 0. The van der Waals surface area contributed by atoms with E-state index in [-0.39, 0.29) is 11.5 Å². The van der Waals surface area contributed by atoms with Crippen molar-refractivity contribution in [1.29, 1.82) is 0 Å². The van der Waals surface area contributed by atoms with E-state index in [1.165, 1.54) is 50.5 Å². The summed E-state index contributed by atoms with van der Waals surface area (Å²) in [6, 6.07) is 4.17. The van der Waals surface area contributed by atoms with Crippen LogP contribution in [0.2, 0.25) is 0 Å². The maximum atomic E-state index is 12.2. The van der Waals surface area contributed by atoms with E-state index in [4.69, 9.17) is 0 Å². The summed E-state index contributed by atoms with van der Waals surface area (Å²) in [4.78, 5) is 4.30. The molecule has 0 amide bonds. The number of rotatable bonds is 6. The van der Waals surface area contributed by atoms with Gasteiger partial charge in [0.05, 0.1) is 11.7 Å². The van der Waals surface area contributed by atoms with E-state index in [0.29, 0.717) is 11.3 Å². The average Bonchev–Trinajstić information content (AvgIpc) is 3.17. The van der Waals surface area contributed by atoms with Gasteiger partial charge < -0.3 is 10.2 Å². The highest BCUT2D eigenvalue weighted by Crippen LogP contribution is 2.69. The van der Waals surface area contributed by atoms with Crippen LogP contribution in [0, 0.1) is 40.4 Å². The third-order valence-electron chi connectivity index (χ3n) is 11.5. The van der Waals surface area contributed by atoms with Gasteiger partial charge in [-0.2, -0.15) is 0 Å². The van der Waals surface area contributed by atoms with Crippen molar-refractivity contribution in [2.45, 2.75) is 116 Å². The summed E-state index contributed by atoms with van der Waals surface area (Å²) in [5, 5.41) is 22.5. The molecule has 33 heavy (non-hydrogen) atoms. The molecule has 0 aromatic carbocycles. The van der Waals surface area contributed by atoms with E-state index >= 15 is 0 Å². The van der Waals surface area contributed by atoms with Crippen molar-refractivity contribution >= 4 is 0 Å². The summed E-state index contributed by atoms with van der Waals surface area (Å²) < 4.78 is 0. The molecule has 0 bridgehead atoms. The maximum Gasteiger partial charge on any atom is 0.0684 e. The third kappa shape index (κ3) is 3.99. The molecule has 1 heterocycles. The van der Waals surface area contributed by atoms with Gasteiger partial charge in [0.15, 0.2) is 0 Å². The average molecular weight is 454 g/mol. The number of hydrogen-bond acceptors (Lipinski definition) is 3. The van der Waals surface area contributed by atoms with Gasteiger partial charge in [0, 0.05) is 12.4 Å². The first kappa shape index (κ1) is 23.8. The molecule has 4 aliphatic carbocycles. The molecular weight excluding hydrogens is 406 g/mol. The fourth-order valence-corrected chi connectivity index (χ4v) is 9.93. The number of nitrogens with zero attached hydrogens (tertiary/aromatic N) is 1. The zero-order valence-electron chi connectivity index (χ0n) is 21.3. The van der Waals surface area contributed by atoms with Crippen molar-refractivity contribution < 1.29 is 10.2 Å². The van der Waals surface area contributed by atoms with Crippen molar-refractivity contribution in [2.24, 2.45) is 40.4 Å². The number of hydrogen-bond donors (Lipinski definition) is 2. The molecule has 3 heteroatoms. The number of fused-ring (bicyclic) bond motifs is 5. The lowest BCUT2D eigenvalue weighted by atomic mass is 9.44. The fourth-order valence-electron chi connectivity index (χ4n) is 9.93. The summed E-state index contributed by atoms with van der Waals surface area (Å²) in [5.74, 6) is 3.57. The molecule has 4 aliphatic rings. The zero-order chi connectivity index (χ0) is 23.3. The van der Waals surface area contributed by atoms with Crippen LogP contribution in [0.5, 0.6) is 0 Å². The Morgan fingerprint density at radius 1 is 1.00 bits per heavy atom. The van der Waals surface area contributed by atoms with Crippen LogP contribution in [0.25, 0.3) is 0 Å². The SMILES string of the molecule is CCC[C@@](O)(CCc1cccnc1)[C@H]1CC[C@H]2[C@@H]3CC[C@H]4C[C@@H](O)CC[C@]4(C)[C@H]3CC[C@]12C. The number of aromatic nitrogens is 1. The molecule has 0 unspecified atom stereocenters. The lowest BCUT2D eigenvalue weighted by Gasteiger charge is -2.61. The zero-order valence-corrected chi connectivity index (χ0v) is 21.3. The Labute approximate surface area is 201 Å². The van der Waals surface area contributed by atoms with Crippen LogP contribution in [0.15, 0.2) is 24.5 Å². The predicted octanol–water partition coefficient (Wildman–Crippen LogP) is 6.57. The first-order chi connectivity index (χ1) is 15.8. The van der Waals surface area contributed by atoms with E-state index in [2.05, 4.69) is 31.8 Å². The predicted molar refractivity (Wildman–Crippen MR) is 134 cm³/mol. The van der Waals surface area contributed by atoms with Gasteiger partial charge >= 0.3 is 0 Å². The standard InChI is InChI=1S/C30H47NO2/c1-4-14-30(33,17-11-21-6-5-18-31-20-21)27-10-9-25-24-8-7-22-19-23(32)12-15-28(22,2)26(24)13-16-29(25,27)3/h5-6,18,20,22-27,32-33H,4,7-17,19H2,1-3H3/t22-,23-,24-,25-,26-,27-,28-,29-,30+/m0/s1. The Hall–Kier alpha value is -0.930. The number of aliphatic hydroxyl groups is 2. The molecule has 4 saturated carbocycles. The summed E-state index contributed by atoms with van der Waals surface area (Å²) in [5.41, 5.74) is 1.40. The Morgan fingerprint density at radius 3 is 2.55 bits per heavy atom. The molecule has 4 fully saturated rings. The Balaban J connectivity index is 1.36. The smallest absolute Gasteiger partial charge is 0.0684 e. The first-order valence-corrected chi connectivity index (χ1v) is 14.1. The molecule has 2 N–H and O–H groups in total. The van der Waals surface area contributed by atoms with Gasteiger partial charge in [0.2, 0.25) is 0 Å². The second-order valence-corrected chi connectivity index (χ2v) is 13.0. The fraction of sp³-hybridized carbons (Fsp3) is 0.833. The van der Waals surface area contributed by atoms with Gasteiger partial charge in [0.25, 0.3) is 0 Å². The van der Waals surface area contributed by atoms with Crippen molar-refractivity contribution in [3.63, 3.8) is 0 Å². The van der Waals surface area contributed by atoms with Crippen LogP contribution < -0.4 is 0 Å². The van der Waals surface area contributed by atoms with Gasteiger partial charge in [-0.3, -0.25) is 4.98 Å². The van der Waals surface area contributed by atoms with Gasteiger partial charge in [0.1, 0.15) is 0 Å². The lowest BCUT2D eigenvalue weighted by Crippen LogP contribution is -2.55. The quantitative estimate of drug-likeness (QED) is 0.512. The molecule has 3 nitrogen and oxygen atoms in total. The minimum Gasteiger partial charge on any atom is -0.393 e. The van der Waals surface area contributed by atoms with E-state index in [1.54, 1.807) is 0 Å². The second kappa shape index (κ2) is 8.94. The Morgan fingerprint density at radius 2 is 1.79 bits per heavy atom. The molecule has 0 spiro atoms. The highest BCUT2D eigenvalue weighted by Gasteiger charge is 2.62. The van der Waals surface area contributed by atoms with E-state index < -0.39 is 5.60 Å². The van der Waals surface area contributed by atoms with Gasteiger partial charge in [-0.15, -0.1) is 0 Å². The van der Waals surface area contributed by atoms with Crippen LogP contribution >= 0.6 is 0 Å². The summed E-state index contributed by atoms with van der Waals surface area (Å²) in [6.07, 6.45) is 18.6. The molecule has 9 atom stereocenters. The van der Waals surface area contributed by atoms with Gasteiger partial charge in [-0.25, -0.2) is 0 Å². The molecule has 0 saturated heterocycles. The summed E-state index contributed by atoms with van der Waals surface area (Å²) in [6.45, 7) is 7.38. The van der Waals surface area contributed by atoms with E-state index in [1.807, 2.05) is 18.5 Å². The minimum absolute atomic E-state index is 0.0618.